The van der Waals surface area contributed by atoms with E-state index in [-0.39, 0.29) is 5.92 Å². The van der Waals surface area contributed by atoms with Crippen molar-refractivity contribution in [2.24, 2.45) is 11.7 Å². The van der Waals surface area contributed by atoms with Crippen LogP contribution in [-0.2, 0) is 15.1 Å². The second-order valence-corrected chi connectivity index (χ2v) is 4.15. The van der Waals surface area contributed by atoms with Crippen molar-refractivity contribution in [2.75, 3.05) is 0 Å². The molecule has 0 saturated heterocycles. The van der Waals surface area contributed by atoms with Crippen LogP contribution in [0, 0.1) is 5.92 Å². The molecule has 1 saturated carbocycles. The van der Waals surface area contributed by atoms with E-state index in [1.54, 1.807) is 0 Å². The Morgan fingerprint density at radius 2 is 2.21 bits per heavy atom. The van der Waals surface area contributed by atoms with Gasteiger partial charge in [-0.25, -0.2) is 4.72 Å². The minimum absolute atomic E-state index is 0. The topological polar surface area (TPSA) is 109 Å². The molecule has 1 fully saturated rings. The first-order valence-corrected chi connectivity index (χ1v) is 4.94. The van der Waals surface area contributed by atoms with Crippen LogP contribution in [0.4, 0.5) is 0 Å². The van der Waals surface area contributed by atoms with Gasteiger partial charge in [-0.15, -0.1) is 6.58 Å². The number of rotatable bonds is 3. The Balaban J connectivity index is 0.00000169. The molecule has 0 aliphatic heterocycles. The summed E-state index contributed by atoms with van der Waals surface area (Å²) in [5.74, 6) is -1.13. The molecule has 2 unspecified atom stereocenters. The van der Waals surface area contributed by atoms with Crippen molar-refractivity contribution >= 4 is 16.2 Å². The number of nitrogens with two attached hydrogens (primary N) is 1. The van der Waals surface area contributed by atoms with Gasteiger partial charge in [0.05, 0.1) is 0 Å². The maximum atomic E-state index is 11.1. The van der Waals surface area contributed by atoms with Gasteiger partial charge in [-0.1, -0.05) is 6.08 Å². The monoisotopic (exact) mass is 473 g/mol. The van der Waals surface area contributed by atoms with E-state index in [2.05, 4.69) is 6.58 Å². The first-order valence-electron chi connectivity index (χ1n) is 3.50. The fraction of sp³-hybridized carbons (Fsp3) is 0.500. The van der Waals surface area contributed by atoms with Crippen molar-refractivity contribution in [1.29, 1.82) is 0 Å². The zero-order valence-electron chi connectivity index (χ0n) is 7.43. The molecular formula is C6H10N2O4RfS. The summed E-state index contributed by atoms with van der Waals surface area (Å²) in [5.41, 5.74) is 4.27. The molecule has 0 bridgehead atoms. The summed E-state index contributed by atoms with van der Waals surface area (Å²) in [6.07, 6.45) is 1.82. The zero-order chi connectivity index (χ0) is 10.3. The van der Waals surface area contributed by atoms with E-state index in [1.807, 2.05) is 0 Å². The van der Waals surface area contributed by atoms with Crippen molar-refractivity contribution < 1.29 is 17.8 Å². The molecule has 76 valence electrons. The summed E-state index contributed by atoms with van der Waals surface area (Å²) < 4.78 is 30.2. The summed E-state index contributed by atoms with van der Waals surface area (Å²) in [6.45, 7) is 3.43. The van der Waals surface area contributed by atoms with Crippen molar-refractivity contribution in [3.05, 3.63) is 12.7 Å². The van der Waals surface area contributed by atoms with Gasteiger partial charge >= 0.3 is 10.3 Å². The predicted molar refractivity (Wildman–Crippen MR) is 44.9 cm³/mol. The minimum Gasteiger partial charge on any atom is -0.317 e. The van der Waals surface area contributed by atoms with Gasteiger partial charge in [0.15, 0.2) is 0 Å². The smallest absolute Gasteiger partial charge is 0.317 e. The molecule has 0 aromatic rings. The third kappa shape index (κ3) is 2.06. The molecule has 6 nitrogen and oxygen atoms in total. The van der Waals surface area contributed by atoms with Crippen molar-refractivity contribution in [2.45, 2.75) is 12.0 Å². The number of carbonyl (C=O) groups is 1. The molecule has 0 aromatic carbocycles. The van der Waals surface area contributed by atoms with Crippen LogP contribution in [0.25, 0.3) is 0 Å². The maximum Gasteiger partial charge on any atom is 0.359 e. The van der Waals surface area contributed by atoms with E-state index in [1.165, 1.54) is 10.8 Å². The van der Waals surface area contributed by atoms with Crippen LogP contribution >= 0.6 is 0 Å². The van der Waals surface area contributed by atoms with Crippen LogP contribution < -0.4 is 10.5 Å². The van der Waals surface area contributed by atoms with Gasteiger partial charge in [0.2, 0.25) is 0 Å². The molecule has 4 N–H and O–H groups in total. The molecule has 0 radical (unpaired) electrons. The number of hydrogen-bond donors (Lipinski definition) is 3. The van der Waals surface area contributed by atoms with Crippen LogP contribution in [0.15, 0.2) is 12.7 Å². The SMILES string of the molecule is C=CC1CC1(N)C(=O)NS(=O)(=O)O.[Rf]. The van der Waals surface area contributed by atoms with Gasteiger partial charge in [0.1, 0.15) is 5.54 Å². The molecular weight excluding hydrogens is 463 g/mol. The van der Waals surface area contributed by atoms with E-state index in [0.717, 1.165) is 0 Å². The maximum absolute atomic E-state index is 11.1. The summed E-state index contributed by atoms with van der Waals surface area (Å²) in [4.78, 5) is 11.1. The fourth-order valence-electron chi connectivity index (χ4n) is 1.07. The van der Waals surface area contributed by atoms with E-state index in [4.69, 9.17) is 10.3 Å². The second-order valence-electron chi connectivity index (χ2n) is 2.99. The summed E-state index contributed by atoms with van der Waals surface area (Å²) in [6, 6.07) is 0. The van der Waals surface area contributed by atoms with Crippen LogP contribution in [0.1, 0.15) is 6.42 Å². The van der Waals surface area contributed by atoms with Gasteiger partial charge in [-0.3, -0.25) is 9.35 Å². The molecule has 8 heteroatoms. The summed E-state index contributed by atoms with van der Waals surface area (Å²) in [7, 11) is -4.51. The summed E-state index contributed by atoms with van der Waals surface area (Å²) in [5, 5.41) is 0. The largest absolute Gasteiger partial charge is 0.359 e. The number of nitrogens with one attached hydrogen (secondary N) is 1. The van der Waals surface area contributed by atoms with Gasteiger partial charge < -0.3 is 5.73 Å². The molecule has 14 heavy (non-hydrogen) atoms. The average molecular weight is 473 g/mol. The van der Waals surface area contributed by atoms with Crippen molar-refractivity contribution in [3.8, 4) is 0 Å². The Labute approximate surface area is 75.7 Å². The fourth-order valence-corrected chi connectivity index (χ4v) is 1.50. The Hall–Kier alpha value is -1.92. The van der Waals surface area contributed by atoms with Gasteiger partial charge in [0.25, 0.3) is 5.91 Å². The van der Waals surface area contributed by atoms with Gasteiger partial charge in [-0.2, -0.15) is 8.42 Å². The van der Waals surface area contributed by atoms with Crippen molar-refractivity contribution in [3.63, 3.8) is 0 Å². The van der Waals surface area contributed by atoms with Gasteiger partial charge in [0, 0.05) is 5.92 Å². The molecule has 2 atom stereocenters. The van der Waals surface area contributed by atoms with Crippen LogP contribution in [0.5, 0.6) is 0 Å². The van der Waals surface area contributed by atoms with Crippen LogP contribution in [0.3, 0.4) is 0 Å². The number of hydrogen-bond acceptors (Lipinski definition) is 4. The van der Waals surface area contributed by atoms with Crippen LogP contribution in [0.2, 0.25) is 0 Å². The number of amides is 1. The quantitative estimate of drug-likeness (QED) is 0.353. The number of carbonyl (C=O) groups excluding carboxylic acids is 1. The van der Waals surface area contributed by atoms with E-state index in [9.17, 15) is 13.2 Å². The standard InChI is InChI=1S/C6H10N2O4S.Rf/c1-2-4-3-6(4,7)5(9)8-13(10,11)12;/h2,4H,1,3,7H2,(H,8,9)(H,10,11,12);. The first kappa shape index (κ1) is 12.1. The Morgan fingerprint density at radius 1 is 1.71 bits per heavy atom. The van der Waals surface area contributed by atoms with Gasteiger partial charge in [-0.05, 0) is 6.42 Å². The third-order valence-corrected chi connectivity index (χ3v) is 2.43. The molecule has 0 aromatic heterocycles. The Morgan fingerprint density at radius 3 is 2.50 bits per heavy atom. The molecule has 1 rings (SSSR count). The third-order valence-electron chi connectivity index (χ3n) is 1.99. The van der Waals surface area contributed by atoms with E-state index < -0.39 is 21.8 Å². The minimum atomic E-state index is -4.51. The van der Waals surface area contributed by atoms with E-state index >= 15 is 0 Å². The normalized spacial score (nSPS) is 30.0. The Bertz CT molecular complexity index is 355. The first-order chi connectivity index (χ1) is 5.79. The molecule has 1 aliphatic rings. The summed E-state index contributed by atoms with van der Waals surface area (Å²) >= 11 is 0. The van der Waals surface area contributed by atoms with Crippen LogP contribution in [-0.4, -0.2) is 24.4 Å². The molecule has 1 aliphatic carbocycles. The second kappa shape index (κ2) is 3.09. The predicted octanol–water partition coefficient (Wildman–Crippen LogP) is -1.19. The van der Waals surface area contributed by atoms with Crippen molar-refractivity contribution in [1.82, 2.24) is 4.72 Å². The van der Waals surface area contributed by atoms with E-state index in [0.29, 0.717) is 6.42 Å². The molecule has 1 amide bonds. The Kier molecular flexibility index (Phi) is 2.67. The molecule has 0 spiro atoms. The zero-order valence-corrected chi connectivity index (χ0v) is 14.6. The molecule has 0 heterocycles. The average Bonchev–Trinajstić information content (AvgIpc) is 2.60.